The molecule has 136 valence electrons. The molecule has 0 radical (unpaired) electrons. The molecule has 2 N–H and O–H groups in total. The van der Waals surface area contributed by atoms with Gasteiger partial charge in [0.05, 0.1) is 0 Å². The zero-order valence-electron chi connectivity index (χ0n) is 14.9. The summed E-state index contributed by atoms with van der Waals surface area (Å²) in [7, 11) is 0. The van der Waals surface area contributed by atoms with Crippen LogP contribution in [0.15, 0.2) is 30.5 Å². The summed E-state index contributed by atoms with van der Waals surface area (Å²) in [4.78, 5) is 12.3. The van der Waals surface area contributed by atoms with Crippen LogP contribution in [0.25, 0.3) is 0 Å². The highest BCUT2D eigenvalue weighted by molar-refractivity contribution is 5.85. The standard InChI is InChI=1S/C19H26N4O.ClH/c1-14-5-6-15(2)17(10-14)12-21-19(24)13-23-18(7-9-22-23)16-4-3-8-20-11-16;/h5-7,9-10,16,20H,3-4,8,11-13H2,1-2H3,(H,21,24);1H. The molecule has 1 fully saturated rings. The molecule has 3 rings (SSSR count). The van der Waals surface area contributed by atoms with Crippen LogP contribution in [0.4, 0.5) is 0 Å². The molecule has 25 heavy (non-hydrogen) atoms. The van der Waals surface area contributed by atoms with E-state index in [9.17, 15) is 4.79 Å². The molecule has 0 saturated carbocycles. The fourth-order valence-electron chi connectivity index (χ4n) is 3.30. The topological polar surface area (TPSA) is 59.0 Å². The second-order valence-corrected chi connectivity index (χ2v) is 6.66. The van der Waals surface area contributed by atoms with Crippen molar-refractivity contribution in [2.45, 2.75) is 45.7 Å². The van der Waals surface area contributed by atoms with E-state index in [1.54, 1.807) is 6.20 Å². The first-order chi connectivity index (χ1) is 11.6. The number of rotatable bonds is 5. The first-order valence-corrected chi connectivity index (χ1v) is 8.69. The van der Waals surface area contributed by atoms with Gasteiger partial charge in [-0.1, -0.05) is 23.8 Å². The largest absolute Gasteiger partial charge is 0.350 e. The lowest BCUT2D eigenvalue weighted by Gasteiger charge is -2.23. The Morgan fingerprint density at radius 2 is 2.20 bits per heavy atom. The highest BCUT2D eigenvalue weighted by Crippen LogP contribution is 2.22. The van der Waals surface area contributed by atoms with Crippen LogP contribution in [-0.4, -0.2) is 28.8 Å². The zero-order valence-corrected chi connectivity index (χ0v) is 15.7. The van der Waals surface area contributed by atoms with Crippen molar-refractivity contribution in [1.29, 1.82) is 0 Å². The summed E-state index contributed by atoms with van der Waals surface area (Å²) in [6.45, 7) is 7.04. The molecule has 1 aliphatic heterocycles. The van der Waals surface area contributed by atoms with E-state index in [2.05, 4.69) is 47.8 Å². The quantitative estimate of drug-likeness (QED) is 0.859. The molecule has 0 spiro atoms. The third kappa shape index (κ3) is 5.06. The van der Waals surface area contributed by atoms with E-state index in [0.29, 0.717) is 12.5 Å². The van der Waals surface area contributed by atoms with Crippen molar-refractivity contribution in [1.82, 2.24) is 20.4 Å². The van der Waals surface area contributed by atoms with Gasteiger partial charge < -0.3 is 10.6 Å². The van der Waals surface area contributed by atoms with Crippen LogP contribution in [-0.2, 0) is 17.9 Å². The van der Waals surface area contributed by atoms with Gasteiger partial charge in [0.1, 0.15) is 6.54 Å². The summed E-state index contributed by atoms with van der Waals surface area (Å²) in [6, 6.07) is 8.35. The number of piperidine rings is 1. The minimum absolute atomic E-state index is 0. The minimum atomic E-state index is 0. The monoisotopic (exact) mass is 362 g/mol. The van der Waals surface area contributed by atoms with Crippen molar-refractivity contribution in [2.24, 2.45) is 0 Å². The van der Waals surface area contributed by atoms with Gasteiger partial charge in [-0.2, -0.15) is 5.10 Å². The highest BCUT2D eigenvalue weighted by Gasteiger charge is 2.19. The fraction of sp³-hybridized carbons (Fsp3) is 0.474. The second-order valence-electron chi connectivity index (χ2n) is 6.66. The van der Waals surface area contributed by atoms with Gasteiger partial charge in [-0.05, 0) is 50.4 Å². The van der Waals surface area contributed by atoms with Gasteiger partial charge in [0, 0.05) is 30.9 Å². The Kier molecular flexibility index (Phi) is 7.02. The van der Waals surface area contributed by atoms with E-state index in [1.165, 1.54) is 23.1 Å². The minimum Gasteiger partial charge on any atom is -0.350 e. The first kappa shape index (κ1) is 19.5. The van der Waals surface area contributed by atoms with Crippen molar-refractivity contribution in [3.63, 3.8) is 0 Å². The number of aryl methyl sites for hydroxylation is 2. The lowest BCUT2D eigenvalue weighted by Crippen LogP contribution is -2.32. The van der Waals surface area contributed by atoms with Crippen molar-refractivity contribution >= 4 is 18.3 Å². The lowest BCUT2D eigenvalue weighted by molar-refractivity contribution is -0.122. The Labute approximate surface area is 155 Å². The lowest BCUT2D eigenvalue weighted by atomic mass is 9.96. The first-order valence-electron chi connectivity index (χ1n) is 8.69. The number of carbonyl (C=O) groups excluding carboxylic acids is 1. The maximum Gasteiger partial charge on any atom is 0.242 e. The van der Waals surface area contributed by atoms with Crippen LogP contribution in [0.1, 0.15) is 41.1 Å². The Bertz CT molecular complexity index is 707. The molecule has 0 aliphatic carbocycles. The van der Waals surface area contributed by atoms with E-state index in [4.69, 9.17) is 0 Å². The average molecular weight is 363 g/mol. The number of hydrogen-bond donors (Lipinski definition) is 2. The molecule has 1 unspecified atom stereocenters. The summed E-state index contributed by atoms with van der Waals surface area (Å²) < 4.78 is 1.84. The Morgan fingerprint density at radius 3 is 2.96 bits per heavy atom. The van der Waals surface area contributed by atoms with Crippen LogP contribution < -0.4 is 10.6 Å². The van der Waals surface area contributed by atoms with Gasteiger partial charge in [0.15, 0.2) is 0 Å². The smallest absolute Gasteiger partial charge is 0.242 e. The predicted octanol–water partition coefficient (Wildman–Crippen LogP) is 2.71. The molecule has 5 nitrogen and oxygen atoms in total. The molecule has 1 amide bonds. The number of hydrogen-bond acceptors (Lipinski definition) is 3. The van der Waals surface area contributed by atoms with Gasteiger partial charge in [-0.3, -0.25) is 9.48 Å². The van der Waals surface area contributed by atoms with Gasteiger partial charge in [-0.15, -0.1) is 12.4 Å². The number of aromatic nitrogens is 2. The second kappa shape index (κ2) is 9.02. The number of benzene rings is 1. The zero-order chi connectivity index (χ0) is 16.9. The Balaban J connectivity index is 0.00000225. The summed E-state index contributed by atoms with van der Waals surface area (Å²) in [6.07, 6.45) is 4.12. The SMILES string of the molecule is Cc1ccc(C)c(CNC(=O)Cn2nccc2C2CCCNC2)c1.Cl. The normalized spacial score (nSPS) is 17.0. The number of nitrogens with one attached hydrogen (secondary N) is 2. The summed E-state index contributed by atoms with van der Waals surface area (Å²) in [5.74, 6) is 0.456. The molecular formula is C19H27ClN4O. The summed E-state index contributed by atoms with van der Waals surface area (Å²) in [5, 5.41) is 10.8. The maximum absolute atomic E-state index is 12.3. The number of nitrogens with zero attached hydrogens (tertiary/aromatic N) is 2. The van der Waals surface area contributed by atoms with Crippen LogP contribution in [0.2, 0.25) is 0 Å². The molecular weight excluding hydrogens is 336 g/mol. The molecule has 2 aromatic rings. The molecule has 1 aliphatic rings. The van der Waals surface area contributed by atoms with E-state index < -0.39 is 0 Å². The van der Waals surface area contributed by atoms with Crippen molar-refractivity contribution < 1.29 is 4.79 Å². The van der Waals surface area contributed by atoms with E-state index in [-0.39, 0.29) is 24.9 Å². The summed E-state index contributed by atoms with van der Waals surface area (Å²) >= 11 is 0. The van der Waals surface area contributed by atoms with Crippen LogP contribution in [0, 0.1) is 13.8 Å². The van der Waals surface area contributed by atoms with E-state index in [0.717, 1.165) is 25.2 Å². The molecule has 1 saturated heterocycles. The predicted molar refractivity (Wildman–Crippen MR) is 102 cm³/mol. The van der Waals surface area contributed by atoms with Crippen LogP contribution in [0.5, 0.6) is 0 Å². The molecule has 1 aromatic carbocycles. The van der Waals surface area contributed by atoms with Crippen molar-refractivity contribution in [3.05, 3.63) is 52.8 Å². The highest BCUT2D eigenvalue weighted by atomic mass is 35.5. The third-order valence-corrected chi connectivity index (χ3v) is 4.74. The summed E-state index contributed by atoms with van der Waals surface area (Å²) in [5.41, 5.74) is 4.74. The molecule has 1 aromatic heterocycles. The molecule has 6 heteroatoms. The van der Waals surface area contributed by atoms with E-state index >= 15 is 0 Å². The molecule has 2 heterocycles. The number of carbonyl (C=O) groups is 1. The van der Waals surface area contributed by atoms with Crippen LogP contribution in [0.3, 0.4) is 0 Å². The van der Waals surface area contributed by atoms with Crippen LogP contribution >= 0.6 is 12.4 Å². The van der Waals surface area contributed by atoms with Crippen molar-refractivity contribution in [3.8, 4) is 0 Å². The van der Waals surface area contributed by atoms with Gasteiger partial charge in [0.25, 0.3) is 0 Å². The van der Waals surface area contributed by atoms with Gasteiger partial charge in [-0.25, -0.2) is 0 Å². The maximum atomic E-state index is 12.3. The van der Waals surface area contributed by atoms with Crippen molar-refractivity contribution in [2.75, 3.05) is 13.1 Å². The van der Waals surface area contributed by atoms with Gasteiger partial charge >= 0.3 is 0 Å². The fourth-order valence-corrected chi connectivity index (χ4v) is 3.30. The Hall–Kier alpha value is -1.85. The third-order valence-electron chi connectivity index (χ3n) is 4.74. The molecule has 0 bridgehead atoms. The number of amides is 1. The number of halogens is 1. The van der Waals surface area contributed by atoms with E-state index in [1.807, 2.05) is 10.7 Å². The molecule has 1 atom stereocenters. The van der Waals surface area contributed by atoms with Gasteiger partial charge in [0.2, 0.25) is 5.91 Å². The average Bonchev–Trinajstić information content (AvgIpc) is 3.04. The Morgan fingerprint density at radius 1 is 1.36 bits per heavy atom.